The Balaban J connectivity index is 1.39. The molecule has 4 rings (SSSR count). The Morgan fingerprint density at radius 3 is 2.92 bits per heavy atom. The van der Waals surface area contributed by atoms with E-state index in [9.17, 15) is 14.3 Å². The van der Waals surface area contributed by atoms with Gasteiger partial charge in [-0.3, -0.25) is 14.7 Å². The van der Waals surface area contributed by atoms with Crippen molar-refractivity contribution < 1.29 is 23.4 Å². The van der Waals surface area contributed by atoms with E-state index < -0.39 is 23.9 Å². The van der Waals surface area contributed by atoms with Gasteiger partial charge in [-0.2, -0.15) is 5.26 Å². The van der Waals surface area contributed by atoms with Crippen molar-refractivity contribution in [2.24, 2.45) is 11.8 Å². The van der Waals surface area contributed by atoms with Gasteiger partial charge in [-0.15, -0.1) is 0 Å². The van der Waals surface area contributed by atoms with Gasteiger partial charge in [0.15, 0.2) is 0 Å². The number of hydrogen-bond acceptors (Lipinski definition) is 5. The van der Waals surface area contributed by atoms with Crippen LogP contribution in [0.1, 0.15) is 42.1 Å². The molecule has 6 nitrogen and oxygen atoms in total. The number of piperidine rings is 1. The number of aliphatic carboxylic acids is 1. The first-order chi connectivity index (χ1) is 17.9. The number of benzene rings is 2. The van der Waals surface area contributed by atoms with Crippen molar-refractivity contribution in [3.05, 3.63) is 71.2 Å². The van der Waals surface area contributed by atoms with E-state index in [-0.39, 0.29) is 17.9 Å². The molecule has 8 heteroatoms. The summed E-state index contributed by atoms with van der Waals surface area (Å²) in [5, 5.41) is 19.7. The average Bonchev–Trinajstić information content (AvgIpc) is 2.91. The van der Waals surface area contributed by atoms with E-state index in [4.69, 9.17) is 10.00 Å². The van der Waals surface area contributed by atoms with Gasteiger partial charge in [-0.1, -0.05) is 17.9 Å². The van der Waals surface area contributed by atoms with Crippen LogP contribution in [-0.2, 0) is 4.79 Å². The van der Waals surface area contributed by atoms with Crippen molar-refractivity contribution in [3.63, 3.8) is 0 Å². The molecule has 0 saturated carbocycles. The molecule has 2 heterocycles. The van der Waals surface area contributed by atoms with Crippen molar-refractivity contribution >= 4 is 16.9 Å². The molecule has 0 radical (unpaired) electrons. The van der Waals surface area contributed by atoms with Gasteiger partial charge in [0.25, 0.3) is 0 Å². The standard InChI is InChI=1S/C29H27F2N3O3/c1-37-21-8-10-28-23(16-21)22(11-13-33-28)27(31)9-7-20-12-15-34(18-25(20)29(35)36)14-3-5-19-4-2-6-26(30)24(19)17-32/h2,4,6,8,10-11,13,16,20,25,27H,7,9,12,14-15,18H2,1H3,(H,35,36)/t20-,25+,27+/m1/s1. The van der Waals surface area contributed by atoms with E-state index in [2.05, 4.69) is 16.8 Å². The lowest BCUT2D eigenvalue weighted by Gasteiger charge is -2.35. The lowest BCUT2D eigenvalue weighted by molar-refractivity contribution is -0.146. The number of carboxylic acid groups (broad SMARTS) is 1. The fourth-order valence-corrected chi connectivity index (χ4v) is 4.89. The minimum Gasteiger partial charge on any atom is -0.497 e. The lowest BCUT2D eigenvalue weighted by Crippen LogP contribution is -2.44. The summed E-state index contributed by atoms with van der Waals surface area (Å²) in [6.45, 7) is 1.23. The molecule has 0 unspecified atom stereocenters. The SMILES string of the molecule is COc1ccc2nccc([C@@H](F)CC[C@@H]3CCN(CC#Cc4cccc(F)c4C#N)C[C@@H]3C(=O)O)c2c1. The Labute approximate surface area is 214 Å². The molecule has 0 aliphatic carbocycles. The average molecular weight is 504 g/mol. The van der Waals surface area contributed by atoms with Gasteiger partial charge in [0.2, 0.25) is 0 Å². The van der Waals surface area contributed by atoms with Gasteiger partial charge < -0.3 is 9.84 Å². The van der Waals surface area contributed by atoms with Crippen molar-refractivity contribution in [2.75, 3.05) is 26.7 Å². The van der Waals surface area contributed by atoms with Crippen molar-refractivity contribution in [1.82, 2.24) is 9.88 Å². The number of methoxy groups -OCH3 is 1. The number of hydrogen-bond donors (Lipinski definition) is 1. The molecule has 1 saturated heterocycles. The van der Waals surface area contributed by atoms with Crippen molar-refractivity contribution in [1.29, 1.82) is 5.26 Å². The van der Waals surface area contributed by atoms with E-state index in [0.29, 0.717) is 60.3 Å². The van der Waals surface area contributed by atoms with E-state index in [1.165, 1.54) is 12.1 Å². The number of pyridine rings is 1. The van der Waals surface area contributed by atoms with Crippen LogP contribution in [0.15, 0.2) is 48.7 Å². The molecule has 2 aromatic carbocycles. The number of aromatic nitrogens is 1. The van der Waals surface area contributed by atoms with Crippen LogP contribution in [0, 0.1) is 40.8 Å². The number of rotatable bonds is 7. The van der Waals surface area contributed by atoms with Crippen molar-refractivity contribution in [3.8, 4) is 23.7 Å². The summed E-state index contributed by atoms with van der Waals surface area (Å²) in [6, 6.07) is 13.1. The highest BCUT2D eigenvalue weighted by molar-refractivity contribution is 5.83. The van der Waals surface area contributed by atoms with E-state index in [1.54, 1.807) is 43.6 Å². The highest BCUT2D eigenvalue weighted by atomic mass is 19.1. The van der Waals surface area contributed by atoms with Gasteiger partial charge in [0.1, 0.15) is 29.4 Å². The molecule has 1 aliphatic rings. The monoisotopic (exact) mass is 503 g/mol. The molecule has 190 valence electrons. The first-order valence-electron chi connectivity index (χ1n) is 12.1. The van der Waals surface area contributed by atoms with Crippen LogP contribution in [0.3, 0.4) is 0 Å². The third kappa shape index (κ3) is 6.04. The second kappa shape index (κ2) is 11.8. The number of nitriles is 1. The van der Waals surface area contributed by atoms with Gasteiger partial charge in [0.05, 0.1) is 25.1 Å². The predicted octanol–water partition coefficient (Wildman–Crippen LogP) is 5.12. The smallest absolute Gasteiger partial charge is 0.308 e. The molecule has 37 heavy (non-hydrogen) atoms. The number of carboxylic acids is 1. The summed E-state index contributed by atoms with van der Waals surface area (Å²) in [5.74, 6) is 4.06. The second-order valence-electron chi connectivity index (χ2n) is 9.13. The zero-order chi connectivity index (χ0) is 26.4. The lowest BCUT2D eigenvalue weighted by atomic mass is 9.81. The Bertz CT molecular complexity index is 1390. The highest BCUT2D eigenvalue weighted by Gasteiger charge is 2.34. The Hall–Kier alpha value is -4.01. The van der Waals surface area contributed by atoms with Gasteiger partial charge in [-0.05, 0) is 73.7 Å². The summed E-state index contributed by atoms with van der Waals surface area (Å²) >= 11 is 0. The maximum atomic E-state index is 15.4. The normalized spacial score (nSPS) is 18.4. The van der Waals surface area contributed by atoms with E-state index >= 15 is 4.39 Å². The molecule has 0 amide bonds. The van der Waals surface area contributed by atoms with E-state index in [1.807, 2.05) is 11.0 Å². The summed E-state index contributed by atoms with van der Waals surface area (Å²) in [4.78, 5) is 18.3. The van der Waals surface area contributed by atoms with Crippen LogP contribution in [-0.4, -0.2) is 47.7 Å². The van der Waals surface area contributed by atoms with Crippen molar-refractivity contribution in [2.45, 2.75) is 25.4 Å². The first kappa shape index (κ1) is 26.1. The maximum absolute atomic E-state index is 15.4. The summed E-state index contributed by atoms with van der Waals surface area (Å²) in [7, 11) is 1.55. The number of nitrogens with zero attached hydrogens (tertiary/aromatic N) is 3. The molecular weight excluding hydrogens is 476 g/mol. The molecule has 0 bridgehead atoms. The Kier molecular flexibility index (Phi) is 8.32. The van der Waals surface area contributed by atoms with Gasteiger partial charge >= 0.3 is 5.97 Å². The zero-order valence-corrected chi connectivity index (χ0v) is 20.5. The summed E-state index contributed by atoms with van der Waals surface area (Å²) < 4.78 is 34.4. The quantitative estimate of drug-likeness (QED) is 0.451. The molecule has 3 atom stereocenters. The minimum absolute atomic E-state index is 0.0988. The number of halogens is 2. The number of fused-ring (bicyclic) bond motifs is 1. The predicted molar refractivity (Wildman–Crippen MR) is 135 cm³/mol. The topological polar surface area (TPSA) is 86.5 Å². The Morgan fingerprint density at radius 1 is 1.32 bits per heavy atom. The third-order valence-corrected chi connectivity index (χ3v) is 6.92. The van der Waals surface area contributed by atoms with E-state index in [0.717, 1.165) is 0 Å². The number of ether oxygens (including phenoxy) is 1. The maximum Gasteiger partial charge on any atom is 0.308 e. The minimum atomic E-state index is -1.25. The zero-order valence-electron chi connectivity index (χ0n) is 20.5. The largest absolute Gasteiger partial charge is 0.497 e. The molecule has 1 aromatic heterocycles. The van der Waals surface area contributed by atoms with Gasteiger partial charge in [0, 0.05) is 23.7 Å². The fraction of sp³-hybridized carbons (Fsp3) is 0.345. The van der Waals surface area contributed by atoms with Crippen LogP contribution >= 0.6 is 0 Å². The summed E-state index contributed by atoms with van der Waals surface area (Å²) in [5.41, 5.74) is 1.41. The molecule has 1 fully saturated rings. The second-order valence-corrected chi connectivity index (χ2v) is 9.13. The number of likely N-dealkylation sites (tertiary alicyclic amines) is 1. The highest BCUT2D eigenvalue weighted by Crippen LogP contribution is 2.35. The number of carbonyl (C=O) groups is 1. The summed E-state index contributed by atoms with van der Waals surface area (Å²) in [6.07, 6.45) is 1.59. The van der Waals surface area contributed by atoms with Crippen LogP contribution in [0.2, 0.25) is 0 Å². The van der Waals surface area contributed by atoms with Crippen LogP contribution in [0.25, 0.3) is 10.9 Å². The fourth-order valence-electron chi connectivity index (χ4n) is 4.89. The first-order valence-corrected chi connectivity index (χ1v) is 12.1. The molecule has 0 spiro atoms. The third-order valence-electron chi connectivity index (χ3n) is 6.92. The number of alkyl halides is 1. The van der Waals surface area contributed by atoms with Crippen LogP contribution in [0.5, 0.6) is 5.75 Å². The van der Waals surface area contributed by atoms with Gasteiger partial charge in [-0.25, -0.2) is 8.78 Å². The molecule has 1 N–H and O–H groups in total. The Morgan fingerprint density at radius 2 is 2.16 bits per heavy atom. The van der Waals surface area contributed by atoms with Crippen LogP contribution < -0.4 is 4.74 Å². The van der Waals surface area contributed by atoms with Crippen LogP contribution in [0.4, 0.5) is 8.78 Å². The molecular formula is C29H27F2N3O3. The molecule has 1 aliphatic heterocycles. The molecule has 3 aromatic rings.